The Morgan fingerprint density at radius 1 is 1.07 bits per heavy atom. The minimum Gasteiger partial charge on any atom is -0.754 e. The van der Waals surface area contributed by atoms with Crippen molar-refractivity contribution in [3.8, 4) is 0 Å². The highest BCUT2D eigenvalue weighted by Crippen LogP contribution is 2.21. The Balaban J connectivity index is 2.18. The number of nitrogens with one attached hydrogen (secondary N) is 2. The highest BCUT2D eigenvalue weighted by atomic mass is 16.6. The third-order valence-electron chi connectivity index (χ3n) is 4.48. The Kier molecular flexibility index (Phi) is 9.26. The van der Waals surface area contributed by atoms with E-state index in [1.54, 1.807) is 0 Å². The number of nitrogens with zero attached hydrogens (tertiary/aromatic N) is 3. The quantitative estimate of drug-likeness (QED) is 0.364. The number of amides is 2. The van der Waals surface area contributed by atoms with E-state index in [1.807, 2.05) is 18.7 Å². The van der Waals surface area contributed by atoms with Gasteiger partial charge in [0.15, 0.2) is 5.82 Å². The first kappa shape index (κ1) is 22.5. The van der Waals surface area contributed by atoms with Gasteiger partial charge in [0.05, 0.1) is 19.3 Å². The first-order chi connectivity index (χ1) is 14.0. The molecule has 0 saturated carbocycles. The second-order valence-electron chi connectivity index (χ2n) is 6.89. The van der Waals surface area contributed by atoms with Gasteiger partial charge in [-0.05, 0) is 32.1 Å². The van der Waals surface area contributed by atoms with Crippen molar-refractivity contribution < 1.29 is 23.8 Å². The molecule has 10 heteroatoms. The number of hydrogen-bond donors (Lipinski definition) is 2. The maximum atomic E-state index is 12.6. The van der Waals surface area contributed by atoms with Crippen LogP contribution in [-0.2, 0) is 9.47 Å². The average molecular weight is 409 g/mol. The number of anilines is 3. The molecular weight excluding hydrogens is 378 g/mol. The van der Waals surface area contributed by atoms with E-state index in [9.17, 15) is 14.8 Å². The van der Waals surface area contributed by atoms with E-state index >= 15 is 0 Å². The van der Waals surface area contributed by atoms with Crippen molar-refractivity contribution in [2.75, 3.05) is 41.8 Å². The summed E-state index contributed by atoms with van der Waals surface area (Å²) in [5.74, 6) is 0.189. The van der Waals surface area contributed by atoms with Crippen molar-refractivity contribution >= 4 is 29.8 Å². The second kappa shape index (κ2) is 11.9. The van der Waals surface area contributed by atoms with E-state index in [4.69, 9.17) is 9.47 Å². The second-order valence-corrected chi connectivity index (χ2v) is 6.89. The van der Waals surface area contributed by atoms with Crippen molar-refractivity contribution in [3.63, 3.8) is 0 Å². The standard InChI is InChI=1S/C19H31N5O5/c1-3-5-12-28-18(25)21-16-14-15(23-10-8-7-9-11-23)20-17(24(16)27)22-19(26)29-13-6-4-2/h14H,3-13H2,1-2H3,(H,21,25)(H,20,22,26). The highest BCUT2D eigenvalue weighted by Gasteiger charge is 2.23. The zero-order chi connectivity index (χ0) is 21.1. The molecule has 2 N–H and O–H groups in total. The maximum Gasteiger partial charge on any atom is 0.460 e. The van der Waals surface area contributed by atoms with Crippen molar-refractivity contribution in [3.05, 3.63) is 11.3 Å². The molecule has 1 saturated heterocycles. The lowest BCUT2D eigenvalue weighted by molar-refractivity contribution is -0.577. The molecule has 2 heterocycles. The third kappa shape index (κ3) is 7.28. The zero-order valence-corrected chi connectivity index (χ0v) is 17.2. The van der Waals surface area contributed by atoms with Crippen LogP contribution in [-0.4, -0.2) is 43.5 Å². The summed E-state index contributed by atoms with van der Waals surface area (Å²) in [6, 6.07) is 1.49. The van der Waals surface area contributed by atoms with Crippen molar-refractivity contribution in [2.45, 2.75) is 58.8 Å². The van der Waals surface area contributed by atoms with Crippen molar-refractivity contribution in [1.29, 1.82) is 0 Å². The number of rotatable bonds is 9. The van der Waals surface area contributed by atoms with E-state index in [2.05, 4.69) is 15.6 Å². The molecule has 1 aliphatic heterocycles. The Morgan fingerprint density at radius 3 is 2.24 bits per heavy atom. The molecule has 1 fully saturated rings. The Morgan fingerprint density at radius 2 is 1.66 bits per heavy atom. The SMILES string of the molecule is CCCCOC(=O)Nc1cc(N2CCCCC2)nc(NC(=O)OCCCC)[n+]1[O-]. The lowest BCUT2D eigenvalue weighted by atomic mass is 10.1. The first-order valence-electron chi connectivity index (χ1n) is 10.3. The van der Waals surface area contributed by atoms with Gasteiger partial charge in [0.1, 0.15) is 0 Å². The summed E-state index contributed by atoms with van der Waals surface area (Å²) in [5.41, 5.74) is 0. The van der Waals surface area contributed by atoms with Gasteiger partial charge >= 0.3 is 18.1 Å². The first-order valence-corrected chi connectivity index (χ1v) is 10.3. The molecule has 162 valence electrons. The zero-order valence-electron chi connectivity index (χ0n) is 17.2. The molecule has 0 atom stereocenters. The topological polar surface area (TPSA) is 120 Å². The number of carbonyl (C=O) groups excluding carboxylic acids is 2. The van der Waals surface area contributed by atoms with Crippen LogP contribution in [0.4, 0.5) is 27.2 Å². The van der Waals surface area contributed by atoms with Crippen LogP contribution in [0.1, 0.15) is 58.8 Å². The van der Waals surface area contributed by atoms with E-state index in [0.29, 0.717) is 10.5 Å². The number of aromatic nitrogens is 2. The molecule has 29 heavy (non-hydrogen) atoms. The van der Waals surface area contributed by atoms with Gasteiger partial charge < -0.3 is 19.6 Å². The highest BCUT2D eigenvalue weighted by molar-refractivity contribution is 5.84. The fourth-order valence-corrected chi connectivity index (χ4v) is 2.82. The fraction of sp³-hybridized carbons (Fsp3) is 0.684. The van der Waals surface area contributed by atoms with Gasteiger partial charge in [-0.3, -0.25) is 0 Å². The molecule has 1 aliphatic rings. The van der Waals surface area contributed by atoms with E-state index in [1.165, 1.54) is 6.07 Å². The van der Waals surface area contributed by atoms with Crippen molar-refractivity contribution in [2.24, 2.45) is 0 Å². The molecule has 0 aromatic carbocycles. The predicted octanol–water partition coefficient (Wildman–Crippen LogP) is 3.40. The molecule has 0 unspecified atom stereocenters. The number of piperidine rings is 1. The molecule has 2 rings (SSSR count). The summed E-state index contributed by atoms with van der Waals surface area (Å²) < 4.78 is 10.5. The summed E-state index contributed by atoms with van der Waals surface area (Å²) in [6.45, 7) is 6.06. The number of hydrogen-bond acceptors (Lipinski definition) is 7. The number of ether oxygens (including phenoxy) is 2. The summed E-state index contributed by atoms with van der Waals surface area (Å²) in [6.07, 6.45) is 4.89. The van der Waals surface area contributed by atoms with E-state index in [-0.39, 0.29) is 25.0 Å². The fourth-order valence-electron chi connectivity index (χ4n) is 2.82. The van der Waals surface area contributed by atoms with Crippen LogP contribution in [0.5, 0.6) is 0 Å². The minimum absolute atomic E-state index is 0.0640. The Hall–Kier alpha value is -2.78. The van der Waals surface area contributed by atoms with Gasteiger partial charge in [0.2, 0.25) is 5.82 Å². The summed E-state index contributed by atoms with van der Waals surface area (Å²) >= 11 is 0. The van der Waals surface area contributed by atoms with Gasteiger partial charge in [-0.1, -0.05) is 31.7 Å². The van der Waals surface area contributed by atoms with Crippen LogP contribution in [0, 0.1) is 5.21 Å². The molecule has 10 nitrogen and oxygen atoms in total. The van der Waals surface area contributed by atoms with Crippen LogP contribution in [0.15, 0.2) is 6.07 Å². The monoisotopic (exact) mass is 409 g/mol. The Bertz CT molecular complexity index is 634. The third-order valence-corrected chi connectivity index (χ3v) is 4.48. The molecule has 1 aromatic rings. The van der Waals surface area contributed by atoms with Crippen LogP contribution in [0.3, 0.4) is 0 Å². The molecule has 1 aromatic heterocycles. The Labute approximate surface area is 171 Å². The predicted molar refractivity (Wildman–Crippen MR) is 109 cm³/mol. The van der Waals surface area contributed by atoms with Gasteiger partial charge in [-0.2, -0.15) is 5.32 Å². The maximum absolute atomic E-state index is 12.6. The van der Waals surface area contributed by atoms with Gasteiger partial charge in [-0.15, -0.1) is 0 Å². The summed E-state index contributed by atoms with van der Waals surface area (Å²) in [4.78, 5) is 30.3. The summed E-state index contributed by atoms with van der Waals surface area (Å²) in [5, 5.41) is 17.4. The largest absolute Gasteiger partial charge is 0.754 e. The van der Waals surface area contributed by atoms with E-state index in [0.717, 1.165) is 58.0 Å². The molecule has 2 amide bonds. The van der Waals surface area contributed by atoms with Gasteiger partial charge in [-0.25, -0.2) is 19.6 Å². The molecule has 0 bridgehead atoms. The minimum atomic E-state index is -0.761. The number of carbonyl (C=O) groups is 2. The lowest BCUT2D eigenvalue weighted by Crippen LogP contribution is -2.40. The van der Waals surface area contributed by atoms with Gasteiger partial charge in [0.25, 0.3) is 0 Å². The molecule has 0 aliphatic carbocycles. The molecular formula is C19H31N5O5. The smallest absolute Gasteiger partial charge is 0.460 e. The van der Waals surface area contributed by atoms with Crippen LogP contribution < -0.4 is 20.3 Å². The average Bonchev–Trinajstić information content (AvgIpc) is 2.72. The summed E-state index contributed by atoms with van der Waals surface area (Å²) in [7, 11) is 0. The normalized spacial score (nSPS) is 13.7. The molecule has 0 spiro atoms. The van der Waals surface area contributed by atoms with Crippen LogP contribution >= 0.6 is 0 Å². The van der Waals surface area contributed by atoms with Gasteiger partial charge in [0, 0.05) is 13.1 Å². The lowest BCUT2D eigenvalue weighted by Gasteiger charge is -2.27. The van der Waals surface area contributed by atoms with E-state index < -0.39 is 12.2 Å². The number of unbranched alkanes of at least 4 members (excludes halogenated alkanes) is 2. The van der Waals surface area contributed by atoms with Crippen LogP contribution in [0.25, 0.3) is 0 Å². The molecule has 0 radical (unpaired) electrons. The van der Waals surface area contributed by atoms with Crippen LogP contribution in [0.2, 0.25) is 0 Å². The van der Waals surface area contributed by atoms with Crippen molar-refractivity contribution in [1.82, 2.24) is 4.98 Å².